The molecular formula is C18H20ClNO3S. The summed E-state index contributed by atoms with van der Waals surface area (Å²) in [5.74, 6) is -0.892. The van der Waals surface area contributed by atoms with Crippen molar-refractivity contribution in [2.45, 2.75) is 32.7 Å². The molecule has 0 aliphatic heterocycles. The molecule has 2 rings (SSSR count). The minimum atomic E-state index is -0.576. The molecule has 1 amide bonds. The smallest absolute Gasteiger partial charge is 0.331 e. The number of benzene rings is 1. The fraction of sp³-hybridized carbons (Fsp3) is 0.333. The van der Waals surface area contributed by atoms with Gasteiger partial charge in [0.25, 0.3) is 5.91 Å². The van der Waals surface area contributed by atoms with Gasteiger partial charge in [0, 0.05) is 26.6 Å². The maximum atomic E-state index is 11.8. The lowest BCUT2D eigenvalue weighted by Crippen LogP contribution is -2.44. The van der Waals surface area contributed by atoms with Crippen LogP contribution in [0.15, 0.2) is 30.3 Å². The fourth-order valence-electron chi connectivity index (χ4n) is 1.97. The lowest BCUT2D eigenvalue weighted by Gasteiger charge is -2.24. The van der Waals surface area contributed by atoms with Gasteiger partial charge in [-0.25, -0.2) is 4.79 Å². The van der Waals surface area contributed by atoms with Gasteiger partial charge in [-0.1, -0.05) is 36.7 Å². The number of rotatable bonds is 6. The van der Waals surface area contributed by atoms with Crippen LogP contribution in [0, 0.1) is 0 Å². The second-order valence-corrected chi connectivity index (χ2v) is 7.46. The van der Waals surface area contributed by atoms with Crippen LogP contribution in [-0.2, 0) is 14.3 Å². The number of hydrogen-bond acceptors (Lipinski definition) is 4. The Bertz CT molecular complexity index is 780. The molecule has 4 nitrogen and oxygen atoms in total. The topological polar surface area (TPSA) is 55.4 Å². The van der Waals surface area contributed by atoms with Crippen molar-refractivity contribution in [1.29, 1.82) is 0 Å². The first kappa shape index (κ1) is 18.5. The fourth-order valence-corrected chi connectivity index (χ4v) is 3.37. The number of halogens is 1. The van der Waals surface area contributed by atoms with Crippen LogP contribution in [0.25, 0.3) is 16.2 Å². The Morgan fingerprint density at radius 2 is 2.04 bits per heavy atom. The summed E-state index contributed by atoms with van der Waals surface area (Å²) in [7, 11) is 0. The van der Waals surface area contributed by atoms with E-state index < -0.39 is 5.97 Å². The third-order valence-electron chi connectivity index (χ3n) is 3.64. The molecule has 2 aromatic rings. The summed E-state index contributed by atoms with van der Waals surface area (Å²) < 4.78 is 6.01. The van der Waals surface area contributed by atoms with Gasteiger partial charge in [-0.3, -0.25) is 4.79 Å². The zero-order valence-corrected chi connectivity index (χ0v) is 15.5. The molecule has 24 heavy (non-hydrogen) atoms. The number of esters is 1. The van der Waals surface area contributed by atoms with Crippen LogP contribution in [-0.4, -0.2) is 24.0 Å². The Kier molecular flexibility index (Phi) is 6.02. The number of amides is 1. The highest BCUT2D eigenvalue weighted by molar-refractivity contribution is 7.20. The highest BCUT2D eigenvalue weighted by Gasteiger charge is 2.18. The van der Waals surface area contributed by atoms with Gasteiger partial charge in [0.05, 0.1) is 5.02 Å². The van der Waals surface area contributed by atoms with Crippen molar-refractivity contribution < 1.29 is 14.3 Å². The van der Waals surface area contributed by atoms with Gasteiger partial charge in [0.15, 0.2) is 6.61 Å². The van der Waals surface area contributed by atoms with E-state index >= 15 is 0 Å². The summed E-state index contributed by atoms with van der Waals surface area (Å²) in [5.41, 5.74) is -0.316. The number of ether oxygens (including phenoxy) is 1. The predicted octanol–water partition coefficient (Wildman–Crippen LogP) is 4.42. The van der Waals surface area contributed by atoms with Crippen LogP contribution >= 0.6 is 22.9 Å². The van der Waals surface area contributed by atoms with Crippen molar-refractivity contribution in [2.75, 3.05) is 6.61 Å². The molecule has 0 radical (unpaired) electrons. The molecule has 1 aromatic heterocycles. The van der Waals surface area contributed by atoms with Gasteiger partial charge < -0.3 is 10.1 Å². The van der Waals surface area contributed by atoms with Gasteiger partial charge in [-0.05, 0) is 32.4 Å². The summed E-state index contributed by atoms with van der Waals surface area (Å²) in [6.07, 6.45) is 3.69. The molecule has 0 aliphatic rings. The number of carbonyl (C=O) groups is 2. The highest BCUT2D eigenvalue weighted by Crippen LogP contribution is 2.35. The largest absolute Gasteiger partial charge is 0.452 e. The summed E-state index contributed by atoms with van der Waals surface area (Å²) in [4.78, 5) is 24.3. The first-order valence-corrected chi connectivity index (χ1v) is 8.84. The Morgan fingerprint density at radius 3 is 2.71 bits per heavy atom. The normalized spacial score (nSPS) is 11.8. The molecule has 0 fully saturated rings. The minimum absolute atomic E-state index is 0.299. The first-order valence-electron chi connectivity index (χ1n) is 7.65. The Morgan fingerprint density at radius 1 is 1.33 bits per heavy atom. The lowest BCUT2D eigenvalue weighted by atomic mass is 10.0. The van der Waals surface area contributed by atoms with Crippen LogP contribution < -0.4 is 5.32 Å². The van der Waals surface area contributed by atoms with Gasteiger partial charge in [-0.2, -0.15) is 0 Å². The van der Waals surface area contributed by atoms with Crippen LogP contribution in [0.1, 0.15) is 32.1 Å². The van der Waals surface area contributed by atoms with E-state index in [1.807, 2.05) is 45.0 Å². The van der Waals surface area contributed by atoms with Gasteiger partial charge >= 0.3 is 5.97 Å². The van der Waals surface area contributed by atoms with Gasteiger partial charge in [-0.15, -0.1) is 11.3 Å². The molecule has 0 unspecified atom stereocenters. The molecule has 0 saturated heterocycles. The van der Waals surface area contributed by atoms with E-state index in [9.17, 15) is 9.59 Å². The molecule has 0 bridgehead atoms. The van der Waals surface area contributed by atoms with Crippen molar-refractivity contribution >= 4 is 51.0 Å². The molecule has 0 atom stereocenters. The Labute approximate surface area is 150 Å². The molecule has 0 spiro atoms. The molecule has 1 N–H and O–H groups in total. The quantitative estimate of drug-likeness (QED) is 0.609. The van der Waals surface area contributed by atoms with E-state index in [0.29, 0.717) is 5.02 Å². The average Bonchev–Trinajstić information content (AvgIpc) is 2.87. The van der Waals surface area contributed by atoms with Crippen molar-refractivity contribution in [2.24, 2.45) is 0 Å². The van der Waals surface area contributed by atoms with E-state index in [2.05, 4.69) is 5.32 Å². The number of fused-ring (bicyclic) bond motifs is 1. The number of thiophene rings is 1. The summed E-state index contributed by atoms with van der Waals surface area (Å²) in [5, 5.41) is 4.37. The zero-order chi connectivity index (χ0) is 17.7. The Balaban J connectivity index is 1.93. The van der Waals surface area contributed by atoms with Crippen molar-refractivity contribution in [1.82, 2.24) is 5.32 Å². The third-order valence-corrected chi connectivity index (χ3v) is 5.29. The monoisotopic (exact) mass is 365 g/mol. The maximum absolute atomic E-state index is 11.8. The molecule has 0 aliphatic carbocycles. The predicted molar refractivity (Wildman–Crippen MR) is 99.3 cm³/mol. The molecule has 0 saturated carbocycles. The average molecular weight is 366 g/mol. The lowest BCUT2D eigenvalue weighted by molar-refractivity contribution is -0.144. The summed E-state index contributed by atoms with van der Waals surface area (Å²) in [6, 6.07) is 7.76. The second kappa shape index (κ2) is 7.81. The number of hydrogen-bond donors (Lipinski definition) is 1. The molecule has 1 aromatic carbocycles. The SMILES string of the molecule is CCC(C)(C)NC(=O)COC(=O)/C=C/c1sc2ccccc2c1Cl. The van der Waals surface area contributed by atoms with E-state index in [-0.39, 0.29) is 18.1 Å². The number of carbonyl (C=O) groups excluding carboxylic acids is 2. The van der Waals surface area contributed by atoms with Crippen molar-refractivity contribution in [3.05, 3.63) is 40.2 Å². The van der Waals surface area contributed by atoms with Crippen molar-refractivity contribution in [3.63, 3.8) is 0 Å². The highest BCUT2D eigenvalue weighted by atomic mass is 35.5. The second-order valence-electron chi connectivity index (χ2n) is 6.00. The minimum Gasteiger partial charge on any atom is -0.452 e. The van der Waals surface area contributed by atoms with E-state index in [4.69, 9.17) is 16.3 Å². The molecule has 6 heteroatoms. The summed E-state index contributed by atoms with van der Waals surface area (Å²) >= 11 is 7.79. The van der Waals surface area contributed by atoms with Crippen LogP contribution in [0.4, 0.5) is 0 Å². The maximum Gasteiger partial charge on any atom is 0.331 e. The van der Waals surface area contributed by atoms with Crippen LogP contribution in [0.2, 0.25) is 5.02 Å². The van der Waals surface area contributed by atoms with E-state index in [0.717, 1.165) is 21.4 Å². The van der Waals surface area contributed by atoms with Gasteiger partial charge in [0.1, 0.15) is 0 Å². The van der Waals surface area contributed by atoms with E-state index in [1.165, 1.54) is 17.4 Å². The first-order chi connectivity index (χ1) is 11.3. The van der Waals surface area contributed by atoms with Crippen molar-refractivity contribution in [3.8, 4) is 0 Å². The summed E-state index contributed by atoms with van der Waals surface area (Å²) in [6.45, 7) is 5.50. The van der Waals surface area contributed by atoms with Crippen LogP contribution in [0.3, 0.4) is 0 Å². The van der Waals surface area contributed by atoms with E-state index in [1.54, 1.807) is 6.08 Å². The standard InChI is InChI=1S/C18H20ClNO3S/c1-4-18(2,3)20-15(21)11-23-16(22)10-9-14-17(19)12-7-5-6-8-13(12)24-14/h5-10H,4,11H2,1-3H3,(H,20,21)/b10-9+. The molecule has 1 heterocycles. The zero-order valence-electron chi connectivity index (χ0n) is 13.9. The van der Waals surface area contributed by atoms with Crippen LogP contribution in [0.5, 0.6) is 0 Å². The molecular weight excluding hydrogens is 346 g/mol. The van der Waals surface area contributed by atoms with Gasteiger partial charge in [0.2, 0.25) is 0 Å². The Hall–Kier alpha value is -1.85. The third kappa shape index (κ3) is 4.82. The molecule has 128 valence electrons. The number of nitrogens with one attached hydrogen (secondary N) is 1.